The summed E-state index contributed by atoms with van der Waals surface area (Å²) in [5, 5.41) is 19.3. The van der Waals surface area contributed by atoms with Crippen molar-refractivity contribution in [2.24, 2.45) is 11.8 Å². The summed E-state index contributed by atoms with van der Waals surface area (Å²) in [6, 6.07) is 8.75. The van der Waals surface area contributed by atoms with Crippen LogP contribution in [-0.2, 0) is 19.0 Å². The summed E-state index contributed by atoms with van der Waals surface area (Å²) in [7, 11) is 0. The molecule has 3 rings (SSSR count). The molecule has 1 unspecified atom stereocenters. The van der Waals surface area contributed by atoms with Gasteiger partial charge in [-0.1, -0.05) is 18.2 Å². The molecule has 0 amide bonds. The number of carbonyl (C=O) groups is 1. The highest BCUT2D eigenvalue weighted by atomic mass is 35.5. The van der Waals surface area contributed by atoms with Crippen molar-refractivity contribution in [2.75, 3.05) is 0 Å². The summed E-state index contributed by atoms with van der Waals surface area (Å²) in [5.74, 6) is -0.896. The normalized spacial score (nSPS) is 24.3. The van der Waals surface area contributed by atoms with E-state index < -0.39 is 23.8 Å². The van der Waals surface area contributed by atoms with E-state index >= 15 is 0 Å². The van der Waals surface area contributed by atoms with Gasteiger partial charge < -0.3 is 10.2 Å². The molecule has 4 atom stereocenters. The predicted octanol–water partition coefficient (Wildman–Crippen LogP) is 6.03. The molecule has 1 fully saturated rings. The molecule has 0 spiro atoms. The molecule has 1 aromatic carbocycles. The van der Waals surface area contributed by atoms with Gasteiger partial charge in [0.1, 0.15) is 4.88 Å². The van der Waals surface area contributed by atoms with Crippen LogP contribution in [0.3, 0.4) is 0 Å². The Kier molecular flexibility index (Phi) is 7.47. The van der Waals surface area contributed by atoms with Gasteiger partial charge in [-0.15, -0.1) is 22.9 Å². The lowest BCUT2D eigenvalue weighted by molar-refractivity contribution is -0.137. The molecule has 1 aliphatic carbocycles. The molecule has 3 nitrogen and oxygen atoms in total. The minimum atomic E-state index is -4.37. The van der Waals surface area contributed by atoms with Crippen LogP contribution in [-0.4, -0.2) is 27.7 Å². The number of hydrogen-bond acceptors (Lipinski definition) is 3. The number of alkyl halides is 4. The Hall–Kier alpha value is -1.57. The van der Waals surface area contributed by atoms with E-state index in [1.807, 2.05) is 6.07 Å². The summed E-state index contributed by atoms with van der Waals surface area (Å²) in [6.07, 6.45) is -1.04. The van der Waals surface area contributed by atoms with Crippen LogP contribution in [0.2, 0.25) is 0 Å². The molecule has 0 radical (unpaired) electrons. The number of aliphatic hydroxyl groups is 1. The number of carboxylic acids is 1. The second kappa shape index (κ2) is 9.71. The summed E-state index contributed by atoms with van der Waals surface area (Å²) in [4.78, 5) is 12.3. The number of hydrogen-bond donors (Lipinski definition) is 2. The standard InChI is InChI=1S/C22H24ClF3O3S/c23-18-12-19(27)17(9-7-13-3-1-4-14(11-13)22(24,25)26)16(18)6-2-5-15-8-10-20(30-15)21(28)29/h1,3-4,8,10-11,16-19,27H,2,5-7,9,12H2,(H,28,29)/t16-,17?,18-,19-/m1/s1. The minimum absolute atomic E-state index is 0.0556. The molecule has 0 bridgehead atoms. The maximum absolute atomic E-state index is 12.9. The Labute approximate surface area is 182 Å². The van der Waals surface area contributed by atoms with Crippen molar-refractivity contribution < 1.29 is 28.2 Å². The van der Waals surface area contributed by atoms with E-state index in [1.54, 1.807) is 12.1 Å². The molecule has 8 heteroatoms. The topological polar surface area (TPSA) is 57.5 Å². The Morgan fingerprint density at radius 3 is 2.57 bits per heavy atom. The van der Waals surface area contributed by atoms with Crippen LogP contribution in [0.1, 0.15) is 51.4 Å². The van der Waals surface area contributed by atoms with E-state index in [0.29, 0.717) is 29.7 Å². The van der Waals surface area contributed by atoms with Gasteiger partial charge in [-0.05, 0) is 74.1 Å². The molecule has 0 saturated heterocycles. The maximum Gasteiger partial charge on any atom is 0.416 e. The minimum Gasteiger partial charge on any atom is -0.477 e. The highest BCUT2D eigenvalue weighted by Crippen LogP contribution is 2.42. The molecule has 1 saturated carbocycles. The first-order valence-corrected chi connectivity index (χ1v) is 11.2. The van der Waals surface area contributed by atoms with Gasteiger partial charge in [-0.3, -0.25) is 0 Å². The summed E-state index contributed by atoms with van der Waals surface area (Å²) < 4.78 is 38.8. The number of aryl methyl sites for hydroxylation is 2. The van der Waals surface area contributed by atoms with Gasteiger partial charge in [0, 0.05) is 10.3 Å². The van der Waals surface area contributed by atoms with Crippen molar-refractivity contribution in [3.05, 3.63) is 57.3 Å². The molecule has 1 aromatic heterocycles. The first-order valence-electron chi connectivity index (χ1n) is 9.95. The van der Waals surface area contributed by atoms with Gasteiger partial charge >= 0.3 is 12.1 Å². The van der Waals surface area contributed by atoms with E-state index in [4.69, 9.17) is 16.7 Å². The highest BCUT2D eigenvalue weighted by Gasteiger charge is 2.40. The van der Waals surface area contributed by atoms with Crippen LogP contribution in [0.15, 0.2) is 36.4 Å². The summed E-state index contributed by atoms with van der Waals surface area (Å²) in [5.41, 5.74) is -0.0519. The van der Waals surface area contributed by atoms with Crippen LogP contribution >= 0.6 is 22.9 Å². The number of thiophene rings is 1. The molecule has 2 N–H and O–H groups in total. The molecule has 2 aromatic rings. The van der Waals surface area contributed by atoms with Crippen molar-refractivity contribution in [1.82, 2.24) is 0 Å². The lowest BCUT2D eigenvalue weighted by atomic mass is 9.85. The van der Waals surface area contributed by atoms with Crippen molar-refractivity contribution in [3.63, 3.8) is 0 Å². The van der Waals surface area contributed by atoms with E-state index in [1.165, 1.54) is 23.5 Å². The second-order valence-electron chi connectivity index (χ2n) is 7.85. The van der Waals surface area contributed by atoms with Gasteiger partial charge in [0.25, 0.3) is 0 Å². The van der Waals surface area contributed by atoms with E-state index in [0.717, 1.165) is 30.2 Å². The second-order valence-corrected chi connectivity index (χ2v) is 9.58. The third-order valence-corrected chi connectivity index (χ3v) is 7.46. The van der Waals surface area contributed by atoms with Crippen molar-refractivity contribution in [3.8, 4) is 0 Å². The van der Waals surface area contributed by atoms with Crippen LogP contribution in [0.25, 0.3) is 0 Å². The van der Waals surface area contributed by atoms with Crippen LogP contribution in [0, 0.1) is 11.8 Å². The predicted molar refractivity (Wildman–Crippen MR) is 111 cm³/mol. The van der Waals surface area contributed by atoms with Gasteiger partial charge in [-0.25, -0.2) is 4.79 Å². The lowest BCUT2D eigenvalue weighted by Gasteiger charge is -2.23. The third kappa shape index (κ3) is 5.77. The maximum atomic E-state index is 12.9. The largest absolute Gasteiger partial charge is 0.477 e. The number of carboxylic acid groups (broad SMARTS) is 1. The summed E-state index contributed by atoms with van der Waals surface area (Å²) >= 11 is 7.74. The molecule has 1 heterocycles. The molecular formula is C22H24ClF3O3S. The Balaban J connectivity index is 1.57. The van der Waals surface area contributed by atoms with Crippen LogP contribution in [0.5, 0.6) is 0 Å². The SMILES string of the molecule is O=C(O)c1ccc(CCC[C@@H]2C(CCc3cccc(C(F)(F)F)c3)[C@H](O)C[C@H]2Cl)s1. The molecule has 1 aliphatic rings. The monoisotopic (exact) mass is 460 g/mol. The van der Waals surface area contributed by atoms with Gasteiger partial charge in [-0.2, -0.15) is 13.2 Å². The smallest absolute Gasteiger partial charge is 0.416 e. The zero-order valence-electron chi connectivity index (χ0n) is 16.2. The Morgan fingerprint density at radius 1 is 1.13 bits per heavy atom. The zero-order chi connectivity index (χ0) is 21.9. The van der Waals surface area contributed by atoms with E-state index in [2.05, 4.69) is 0 Å². The van der Waals surface area contributed by atoms with Gasteiger partial charge in [0.2, 0.25) is 0 Å². The highest BCUT2D eigenvalue weighted by molar-refractivity contribution is 7.13. The average Bonchev–Trinajstić information content (AvgIpc) is 3.25. The Morgan fingerprint density at radius 2 is 1.90 bits per heavy atom. The molecular weight excluding hydrogens is 437 g/mol. The number of rotatable bonds is 8. The fourth-order valence-electron chi connectivity index (χ4n) is 4.31. The van der Waals surface area contributed by atoms with Gasteiger partial charge in [0.05, 0.1) is 11.7 Å². The van der Waals surface area contributed by atoms with Crippen LogP contribution in [0.4, 0.5) is 13.2 Å². The fraction of sp³-hybridized carbons (Fsp3) is 0.500. The van der Waals surface area contributed by atoms with E-state index in [9.17, 15) is 23.1 Å². The Bertz CT molecular complexity index is 867. The van der Waals surface area contributed by atoms with Crippen molar-refractivity contribution >= 4 is 28.9 Å². The zero-order valence-corrected chi connectivity index (χ0v) is 17.8. The first-order chi connectivity index (χ1) is 14.1. The number of halogens is 4. The average molecular weight is 461 g/mol. The fourth-order valence-corrected chi connectivity index (χ4v) is 5.69. The van der Waals surface area contributed by atoms with Crippen LogP contribution < -0.4 is 0 Å². The molecule has 0 aliphatic heterocycles. The summed E-state index contributed by atoms with van der Waals surface area (Å²) in [6.45, 7) is 0. The lowest BCUT2D eigenvalue weighted by Crippen LogP contribution is -2.21. The van der Waals surface area contributed by atoms with Gasteiger partial charge in [0.15, 0.2) is 0 Å². The van der Waals surface area contributed by atoms with Crippen molar-refractivity contribution in [1.29, 1.82) is 0 Å². The first kappa shape index (κ1) is 23.1. The van der Waals surface area contributed by atoms with Crippen molar-refractivity contribution in [2.45, 2.75) is 56.2 Å². The number of benzene rings is 1. The molecule has 30 heavy (non-hydrogen) atoms. The third-order valence-electron chi connectivity index (χ3n) is 5.83. The quantitative estimate of drug-likeness (QED) is 0.473. The number of aliphatic hydroxyl groups excluding tert-OH is 1. The number of aromatic carboxylic acids is 1. The van der Waals surface area contributed by atoms with E-state index in [-0.39, 0.29) is 17.2 Å². The molecule has 164 valence electrons.